The van der Waals surface area contributed by atoms with Crippen molar-refractivity contribution in [1.82, 2.24) is 0 Å². The lowest BCUT2D eigenvalue weighted by atomic mass is 9.79. The lowest BCUT2D eigenvalue weighted by molar-refractivity contribution is -0.163. The fourth-order valence-corrected chi connectivity index (χ4v) is 4.36. The Morgan fingerprint density at radius 2 is 1.20 bits per heavy atom. The van der Waals surface area contributed by atoms with Gasteiger partial charge in [-0.2, -0.15) is 0 Å². The summed E-state index contributed by atoms with van der Waals surface area (Å²) in [7, 11) is 0. The van der Waals surface area contributed by atoms with E-state index in [-0.39, 0.29) is 29.9 Å². The van der Waals surface area contributed by atoms with E-state index in [1.54, 1.807) is 0 Å². The molecule has 1 aliphatic carbocycles. The van der Waals surface area contributed by atoms with E-state index in [1.165, 1.54) is 64.2 Å². The quantitative estimate of drug-likeness (QED) is 0.163. The third-order valence-corrected chi connectivity index (χ3v) is 6.43. The third kappa shape index (κ3) is 10.8. The van der Waals surface area contributed by atoms with Crippen LogP contribution in [0, 0.1) is 11.8 Å². The van der Waals surface area contributed by atoms with Crippen molar-refractivity contribution in [3.05, 3.63) is 0 Å². The number of esters is 2. The van der Waals surface area contributed by atoms with E-state index in [1.807, 2.05) is 0 Å². The second kappa shape index (κ2) is 15.7. The second-order valence-corrected chi connectivity index (χ2v) is 9.14. The predicted molar refractivity (Wildman–Crippen MR) is 118 cm³/mol. The molecule has 0 aromatic rings. The molecule has 0 spiro atoms. The molecule has 30 heavy (non-hydrogen) atoms. The van der Waals surface area contributed by atoms with E-state index in [0.717, 1.165) is 38.5 Å². The summed E-state index contributed by atoms with van der Waals surface area (Å²) in [5.41, 5.74) is 0. The number of rotatable bonds is 17. The molecule has 0 aromatic carbocycles. The van der Waals surface area contributed by atoms with Crippen LogP contribution in [0.15, 0.2) is 0 Å². The van der Waals surface area contributed by atoms with Gasteiger partial charge in [0, 0.05) is 0 Å². The highest BCUT2D eigenvalue weighted by Gasteiger charge is 2.38. The van der Waals surface area contributed by atoms with Gasteiger partial charge in [0.05, 0.1) is 25.0 Å². The van der Waals surface area contributed by atoms with Gasteiger partial charge in [-0.3, -0.25) is 9.59 Å². The van der Waals surface area contributed by atoms with E-state index in [2.05, 4.69) is 6.92 Å². The average Bonchev–Trinajstić information content (AvgIpc) is 3.59. The van der Waals surface area contributed by atoms with Crippen molar-refractivity contribution in [3.8, 4) is 0 Å². The molecule has 5 heteroatoms. The van der Waals surface area contributed by atoms with Crippen molar-refractivity contribution in [1.29, 1.82) is 0 Å². The average molecular weight is 425 g/mol. The summed E-state index contributed by atoms with van der Waals surface area (Å²) in [4.78, 5) is 24.9. The van der Waals surface area contributed by atoms with Gasteiger partial charge in [-0.05, 0) is 19.3 Å². The molecule has 5 nitrogen and oxygen atoms in total. The first kappa shape index (κ1) is 25.2. The Bertz CT molecular complexity index is 474. The van der Waals surface area contributed by atoms with Crippen LogP contribution in [0.25, 0.3) is 0 Å². The molecular weight excluding hydrogens is 380 g/mol. The largest absolute Gasteiger partial charge is 0.465 e. The molecule has 2 rings (SSSR count). The summed E-state index contributed by atoms with van der Waals surface area (Å²) in [6.45, 7) is 3.72. The Labute approximate surface area is 183 Å². The van der Waals surface area contributed by atoms with E-state index in [9.17, 15) is 9.59 Å². The summed E-state index contributed by atoms with van der Waals surface area (Å²) >= 11 is 0. The van der Waals surface area contributed by atoms with Gasteiger partial charge in [0.1, 0.15) is 12.7 Å². The van der Waals surface area contributed by atoms with Crippen LogP contribution in [-0.2, 0) is 23.8 Å². The topological polar surface area (TPSA) is 65.1 Å². The molecule has 0 radical (unpaired) electrons. The molecule has 0 N–H and O–H groups in total. The Morgan fingerprint density at radius 3 is 1.70 bits per heavy atom. The fraction of sp³-hybridized carbons (Fsp3) is 0.920. The molecule has 1 heterocycles. The Morgan fingerprint density at radius 1 is 0.733 bits per heavy atom. The first-order valence-electron chi connectivity index (χ1n) is 12.7. The monoisotopic (exact) mass is 424 g/mol. The van der Waals surface area contributed by atoms with Crippen molar-refractivity contribution in [2.24, 2.45) is 11.8 Å². The first-order chi connectivity index (χ1) is 14.7. The minimum Gasteiger partial charge on any atom is -0.465 e. The Hall–Kier alpha value is -1.10. The van der Waals surface area contributed by atoms with Crippen molar-refractivity contribution >= 4 is 11.9 Å². The molecule has 2 aliphatic rings. The van der Waals surface area contributed by atoms with Crippen LogP contribution in [0.5, 0.6) is 0 Å². The zero-order chi connectivity index (χ0) is 21.4. The van der Waals surface area contributed by atoms with E-state index in [4.69, 9.17) is 14.2 Å². The van der Waals surface area contributed by atoms with Crippen LogP contribution in [0.1, 0.15) is 110 Å². The summed E-state index contributed by atoms with van der Waals surface area (Å²) in [6, 6.07) is 0. The van der Waals surface area contributed by atoms with Gasteiger partial charge in [0.15, 0.2) is 0 Å². The van der Waals surface area contributed by atoms with Crippen LogP contribution >= 0.6 is 0 Å². The van der Waals surface area contributed by atoms with Crippen molar-refractivity contribution in [3.63, 3.8) is 0 Å². The third-order valence-electron chi connectivity index (χ3n) is 6.43. The zero-order valence-electron chi connectivity index (χ0n) is 19.2. The smallest absolute Gasteiger partial charge is 0.309 e. The minimum atomic E-state index is -0.341. The normalized spacial score (nSPS) is 23.2. The van der Waals surface area contributed by atoms with Gasteiger partial charge >= 0.3 is 11.9 Å². The molecule has 0 amide bonds. The van der Waals surface area contributed by atoms with E-state index in [0.29, 0.717) is 19.8 Å². The van der Waals surface area contributed by atoms with Gasteiger partial charge in [-0.25, -0.2) is 0 Å². The highest BCUT2D eigenvalue weighted by Crippen LogP contribution is 2.32. The van der Waals surface area contributed by atoms with Gasteiger partial charge in [0.25, 0.3) is 0 Å². The van der Waals surface area contributed by atoms with E-state index < -0.39 is 0 Å². The van der Waals surface area contributed by atoms with Crippen LogP contribution in [0.4, 0.5) is 0 Å². The molecule has 3 atom stereocenters. The predicted octanol–water partition coefficient (Wildman–Crippen LogP) is 5.98. The standard InChI is InChI=1S/C25H44O5/c1-2-3-4-5-6-7-8-9-10-11-12-15-18-28-24(26)22-16-13-14-17-23(22)25(27)30-20-21-19-29-21/h21-23H,2-20H2,1H3. The fourth-order valence-electron chi connectivity index (χ4n) is 4.36. The van der Waals surface area contributed by atoms with Gasteiger partial charge in [-0.1, -0.05) is 90.4 Å². The number of ether oxygens (including phenoxy) is 3. The van der Waals surface area contributed by atoms with Gasteiger partial charge < -0.3 is 14.2 Å². The van der Waals surface area contributed by atoms with Crippen LogP contribution in [0.3, 0.4) is 0 Å². The zero-order valence-corrected chi connectivity index (χ0v) is 19.2. The molecular formula is C25H44O5. The maximum Gasteiger partial charge on any atom is 0.309 e. The van der Waals surface area contributed by atoms with Crippen molar-refractivity contribution in [2.45, 2.75) is 116 Å². The summed E-state index contributed by atoms with van der Waals surface area (Å²) in [6.07, 6.45) is 18.9. The van der Waals surface area contributed by atoms with Gasteiger partial charge in [-0.15, -0.1) is 0 Å². The number of hydrogen-bond acceptors (Lipinski definition) is 5. The first-order valence-corrected chi connectivity index (χ1v) is 12.7. The van der Waals surface area contributed by atoms with Gasteiger partial charge in [0.2, 0.25) is 0 Å². The van der Waals surface area contributed by atoms with Crippen LogP contribution in [0.2, 0.25) is 0 Å². The van der Waals surface area contributed by atoms with Crippen molar-refractivity contribution < 1.29 is 23.8 Å². The lowest BCUT2D eigenvalue weighted by Gasteiger charge is -2.28. The second-order valence-electron chi connectivity index (χ2n) is 9.14. The molecule has 0 aromatic heterocycles. The van der Waals surface area contributed by atoms with Crippen LogP contribution in [-0.4, -0.2) is 37.9 Å². The Kier molecular flexibility index (Phi) is 13.1. The maximum atomic E-state index is 12.5. The molecule has 2 fully saturated rings. The molecule has 1 aliphatic heterocycles. The summed E-state index contributed by atoms with van der Waals surface area (Å²) in [5, 5.41) is 0. The van der Waals surface area contributed by atoms with Crippen molar-refractivity contribution in [2.75, 3.05) is 19.8 Å². The maximum absolute atomic E-state index is 12.5. The molecule has 3 unspecified atom stereocenters. The SMILES string of the molecule is CCCCCCCCCCCCCCOC(=O)C1CCCCC1C(=O)OCC1CO1. The summed E-state index contributed by atoms with van der Waals surface area (Å²) < 4.78 is 15.9. The van der Waals surface area contributed by atoms with Crippen LogP contribution < -0.4 is 0 Å². The molecule has 0 bridgehead atoms. The molecule has 1 saturated carbocycles. The summed E-state index contributed by atoms with van der Waals surface area (Å²) in [5.74, 6) is -1.13. The Balaban J connectivity index is 1.46. The number of unbranched alkanes of at least 4 members (excludes halogenated alkanes) is 11. The highest BCUT2D eigenvalue weighted by molar-refractivity contribution is 5.82. The lowest BCUT2D eigenvalue weighted by Crippen LogP contribution is -2.35. The number of carbonyl (C=O) groups excluding carboxylic acids is 2. The molecule has 1 saturated heterocycles. The molecule has 174 valence electrons. The highest BCUT2D eigenvalue weighted by atomic mass is 16.6. The number of epoxide rings is 1. The van der Waals surface area contributed by atoms with E-state index >= 15 is 0 Å². The number of carbonyl (C=O) groups is 2. The minimum absolute atomic E-state index is 0.0636. The number of hydrogen-bond donors (Lipinski definition) is 0.